The van der Waals surface area contributed by atoms with Crippen LogP contribution in [0.1, 0.15) is 41.6 Å². The van der Waals surface area contributed by atoms with Gasteiger partial charge in [-0.3, -0.25) is 0 Å². The number of rotatable bonds is 4. The molecule has 1 saturated carbocycles. The monoisotopic (exact) mass is 290 g/mol. The van der Waals surface area contributed by atoms with Crippen LogP contribution >= 0.6 is 11.6 Å². The van der Waals surface area contributed by atoms with Crippen molar-refractivity contribution in [3.05, 3.63) is 70.0 Å². The lowest BCUT2D eigenvalue weighted by molar-refractivity contribution is 0.178. The molecule has 0 amide bonds. The molecule has 0 aromatic heterocycles. The molecule has 1 nitrogen and oxygen atoms in total. The van der Waals surface area contributed by atoms with Crippen LogP contribution < -0.4 is 0 Å². The van der Waals surface area contributed by atoms with Gasteiger partial charge in [0, 0.05) is 11.4 Å². The van der Waals surface area contributed by atoms with Crippen LogP contribution in [0.4, 0.5) is 4.39 Å². The smallest absolute Gasteiger partial charge is 0.123 e. The van der Waals surface area contributed by atoms with Crippen molar-refractivity contribution >= 4 is 11.6 Å². The minimum atomic E-state index is -0.659. The van der Waals surface area contributed by atoms with Crippen molar-refractivity contribution in [1.82, 2.24) is 0 Å². The van der Waals surface area contributed by atoms with E-state index in [-0.39, 0.29) is 5.82 Å². The van der Waals surface area contributed by atoms with Gasteiger partial charge < -0.3 is 5.11 Å². The first kappa shape index (κ1) is 13.6. The molecule has 2 aromatic rings. The normalized spacial score (nSPS) is 16.1. The van der Waals surface area contributed by atoms with Gasteiger partial charge in [-0.2, -0.15) is 0 Å². The summed E-state index contributed by atoms with van der Waals surface area (Å²) in [7, 11) is 0. The summed E-state index contributed by atoms with van der Waals surface area (Å²) < 4.78 is 13.2. The molecule has 104 valence electrons. The van der Waals surface area contributed by atoms with Crippen molar-refractivity contribution in [1.29, 1.82) is 0 Å². The predicted octanol–water partition coefficient (Wildman–Crippen LogP) is 4.63. The molecule has 2 aromatic carbocycles. The molecular formula is C17H16ClFO. The van der Waals surface area contributed by atoms with Crippen molar-refractivity contribution in [3.8, 4) is 0 Å². The topological polar surface area (TPSA) is 20.2 Å². The average molecular weight is 291 g/mol. The molecule has 3 heteroatoms. The van der Waals surface area contributed by atoms with Crippen LogP contribution in [-0.2, 0) is 6.42 Å². The van der Waals surface area contributed by atoms with Gasteiger partial charge in [-0.1, -0.05) is 35.9 Å². The third-order valence-electron chi connectivity index (χ3n) is 3.77. The van der Waals surface area contributed by atoms with Crippen molar-refractivity contribution in [3.63, 3.8) is 0 Å². The largest absolute Gasteiger partial charge is 0.388 e. The molecule has 1 N–H and O–H groups in total. The highest BCUT2D eigenvalue weighted by atomic mass is 35.5. The number of aliphatic hydroxyl groups excluding tert-OH is 1. The molecule has 0 aliphatic heterocycles. The zero-order chi connectivity index (χ0) is 14.1. The Balaban J connectivity index is 1.80. The number of aliphatic hydroxyl groups is 1. The van der Waals surface area contributed by atoms with E-state index in [4.69, 9.17) is 11.6 Å². The van der Waals surface area contributed by atoms with Gasteiger partial charge in [0.1, 0.15) is 5.82 Å². The van der Waals surface area contributed by atoms with E-state index in [1.54, 1.807) is 0 Å². The van der Waals surface area contributed by atoms with Crippen LogP contribution in [0.3, 0.4) is 0 Å². The maximum atomic E-state index is 13.2. The molecule has 1 fully saturated rings. The van der Waals surface area contributed by atoms with Crippen LogP contribution in [0, 0.1) is 5.82 Å². The first-order chi connectivity index (χ1) is 9.63. The Morgan fingerprint density at radius 2 is 2.00 bits per heavy atom. The SMILES string of the molecule is OC(Cc1cc(F)ccc1Cl)c1cccc(C2CC2)c1. The standard InChI is InChI=1S/C17H16ClFO/c18-16-7-6-15(19)9-14(16)10-17(20)13-3-1-2-12(8-13)11-4-5-11/h1-3,6-9,11,17,20H,4-5,10H2. The summed E-state index contributed by atoms with van der Waals surface area (Å²) in [5, 5.41) is 10.8. The fraction of sp³-hybridized carbons (Fsp3) is 0.294. The van der Waals surface area contributed by atoms with Crippen LogP contribution in [0.25, 0.3) is 0 Å². The van der Waals surface area contributed by atoms with Crippen molar-refractivity contribution < 1.29 is 9.50 Å². The first-order valence-electron chi connectivity index (χ1n) is 6.85. The minimum absolute atomic E-state index is 0.324. The highest BCUT2D eigenvalue weighted by molar-refractivity contribution is 6.31. The van der Waals surface area contributed by atoms with Gasteiger partial charge in [0.25, 0.3) is 0 Å². The minimum Gasteiger partial charge on any atom is -0.388 e. The molecule has 1 aliphatic carbocycles. The van der Waals surface area contributed by atoms with E-state index >= 15 is 0 Å². The van der Waals surface area contributed by atoms with Gasteiger partial charge in [-0.25, -0.2) is 4.39 Å². The molecule has 20 heavy (non-hydrogen) atoms. The van der Waals surface area contributed by atoms with Crippen LogP contribution in [0.15, 0.2) is 42.5 Å². The number of halogens is 2. The Kier molecular flexibility index (Phi) is 3.77. The Morgan fingerprint density at radius 3 is 2.75 bits per heavy atom. The Hall–Kier alpha value is -1.38. The molecule has 1 aliphatic rings. The van der Waals surface area contributed by atoms with Crippen LogP contribution in [-0.4, -0.2) is 5.11 Å². The third-order valence-corrected chi connectivity index (χ3v) is 4.13. The summed E-state index contributed by atoms with van der Waals surface area (Å²) in [5.41, 5.74) is 2.79. The third kappa shape index (κ3) is 3.02. The van der Waals surface area contributed by atoms with E-state index in [0.29, 0.717) is 22.9 Å². The summed E-state index contributed by atoms with van der Waals surface area (Å²) in [6.45, 7) is 0. The molecule has 0 saturated heterocycles. The molecule has 0 radical (unpaired) electrons. The second-order valence-electron chi connectivity index (χ2n) is 5.40. The zero-order valence-electron chi connectivity index (χ0n) is 11.0. The lowest BCUT2D eigenvalue weighted by atomic mass is 9.98. The quantitative estimate of drug-likeness (QED) is 0.870. The molecular weight excluding hydrogens is 275 g/mol. The molecule has 0 bridgehead atoms. The van der Waals surface area contributed by atoms with E-state index in [1.807, 2.05) is 12.1 Å². The molecule has 0 heterocycles. The summed E-state index contributed by atoms with van der Waals surface area (Å²) >= 11 is 6.04. The van der Waals surface area contributed by atoms with E-state index < -0.39 is 6.10 Å². The van der Waals surface area contributed by atoms with Gasteiger partial charge >= 0.3 is 0 Å². The van der Waals surface area contributed by atoms with Gasteiger partial charge in [0.2, 0.25) is 0 Å². The average Bonchev–Trinajstić information content (AvgIpc) is 3.27. The number of benzene rings is 2. The van der Waals surface area contributed by atoms with Crippen molar-refractivity contribution in [2.24, 2.45) is 0 Å². The van der Waals surface area contributed by atoms with E-state index in [2.05, 4.69) is 12.1 Å². The lowest BCUT2D eigenvalue weighted by Gasteiger charge is -2.13. The molecule has 0 spiro atoms. The highest BCUT2D eigenvalue weighted by Crippen LogP contribution is 2.40. The zero-order valence-corrected chi connectivity index (χ0v) is 11.8. The Bertz CT molecular complexity index is 622. The van der Waals surface area contributed by atoms with Crippen LogP contribution in [0.2, 0.25) is 5.02 Å². The van der Waals surface area contributed by atoms with E-state index in [1.165, 1.54) is 36.6 Å². The van der Waals surface area contributed by atoms with Crippen molar-refractivity contribution in [2.75, 3.05) is 0 Å². The second-order valence-corrected chi connectivity index (χ2v) is 5.81. The Labute approximate surface area is 123 Å². The maximum absolute atomic E-state index is 13.2. The Morgan fingerprint density at radius 1 is 1.20 bits per heavy atom. The fourth-order valence-corrected chi connectivity index (χ4v) is 2.66. The van der Waals surface area contributed by atoms with Gasteiger partial charge in [0.15, 0.2) is 0 Å². The predicted molar refractivity (Wildman–Crippen MR) is 78.5 cm³/mol. The fourth-order valence-electron chi connectivity index (χ4n) is 2.46. The number of hydrogen-bond donors (Lipinski definition) is 1. The highest BCUT2D eigenvalue weighted by Gasteiger charge is 2.24. The van der Waals surface area contributed by atoms with Crippen molar-refractivity contribution in [2.45, 2.75) is 31.3 Å². The maximum Gasteiger partial charge on any atom is 0.123 e. The van der Waals surface area contributed by atoms with E-state index in [9.17, 15) is 9.50 Å². The van der Waals surface area contributed by atoms with Crippen LogP contribution in [0.5, 0.6) is 0 Å². The first-order valence-corrected chi connectivity index (χ1v) is 7.23. The van der Waals surface area contributed by atoms with E-state index in [0.717, 1.165) is 5.56 Å². The summed E-state index contributed by atoms with van der Waals surface area (Å²) in [6, 6.07) is 12.3. The van der Waals surface area contributed by atoms with Gasteiger partial charge in [-0.15, -0.1) is 0 Å². The summed E-state index contributed by atoms with van der Waals surface area (Å²) in [4.78, 5) is 0. The summed E-state index contributed by atoms with van der Waals surface area (Å²) in [6.07, 6.45) is 2.13. The summed E-state index contributed by atoms with van der Waals surface area (Å²) in [5.74, 6) is 0.322. The molecule has 1 unspecified atom stereocenters. The molecule has 1 atom stereocenters. The lowest BCUT2D eigenvalue weighted by Crippen LogP contribution is -2.03. The van der Waals surface area contributed by atoms with Gasteiger partial charge in [-0.05, 0) is 53.6 Å². The van der Waals surface area contributed by atoms with Gasteiger partial charge in [0.05, 0.1) is 6.10 Å². The second kappa shape index (κ2) is 5.55. The molecule has 3 rings (SSSR count). The number of hydrogen-bond acceptors (Lipinski definition) is 1.